The molecule has 2 aromatic carbocycles. The Morgan fingerprint density at radius 3 is 2.43 bits per heavy atom. The normalized spacial score (nSPS) is 12.9. The molecule has 150 valence electrons. The molecule has 0 aliphatic rings. The van der Waals surface area contributed by atoms with Crippen LogP contribution in [0, 0.1) is 17.5 Å². The van der Waals surface area contributed by atoms with E-state index in [1.54, 1.807) is 32.2 Å². The highest BCUT2D eigenvalue weighted by atomic mass is 35.5. The summed E-state index contributed by atoms with van der Waals surface area (Å²) in [5.74, 6) is -5.41. The molecule has 0 saturated heterocycles. The molecule has 5 nitrogen and oxygen atoms in total. The van der Waals surface area contributed by atoms with Gasteiger partial charge >= 0.3 is 0 Å². The van der Waals surface area contributed by atoms with Gasteiger partial charge in [-0.05, 0) is 36.8 Å². The lowest BCUT2D eigenvalue weighted by Crippen LogP contribution is -3.11. The first kappa shape index (κ1) is 21.7. The number of rotatable bonds is 7. The number of halogens is 4. The quantitative estimate of drug-likeness (QED) is 0.607. The number of carbonyl (C=O) groups excluding carboxylic acids is 2. The number of anilines is 1. The van der Waals surface area contributed by atoms with Gasteiger partial charge < -0.3 is 15.5 Å². The standard InChI is InChI=1S/C19H19ClF3N3O2/c1-11(12-4-3-5-13(20)8-12)24-16(27)9-26(2)10-17(28)25-15-7-6-14(21)18(22)19(15)23/h3-8,11H,9-10H2,1-2H3,(H,24,27)(H,25,28)/p+1/t11-/m0/s1. The number of nitrogens with one attached hydrogen (secondary N) is 3. The van der Waals surface area contributed by atoms with Crippen molar-refractivity contribution in [2.24, 2.45) is 0 Å². The first-order chi connectivity index (χ1) is 13.2. The predicted molar refractivity (Wildman–Crippen MR) is 99.6 cm³/mol. The molecule has 0 heterocycles. The van der Waals surface area contributed by atoms with Crippen LogP contribution in [0.4, 0.5) is 18.9 Å². The maximum atomic E-state index is 13.6. The van der Waals surface area contributed by atoms with E-state index < -0.39 is 29.0 Å². The Bertz CT molecular complexity index is 879. The molecule has 1 unspecified atom stereocenters. The molecule has 2 aromatic rings. The molecule has 0 bridgehead atoms. The highest BCUT2D eigenvalue weighted by Gasteiger charge is 2.19. The van der Waals surface area contributed by atoms with Crippen LogP contribution in [0.25, 0.3) is 0 Å². The molecule has 0 aliphatic heterocycles. The van der Waals surface area contributed by atoms with Crippen LogP contribution < -0.4 is 15.5 Å². The second-order valence-corrected chi connectivity index (χ2v) is 6.86. The fraction of sp³-hybridized carbons (Fsp3) is 0.263. The highest BCUT2D eigenvalue weighted by Crippen LogP contribution is 2.19. The van der Waals surface area contributed by atoms with E-state index in [0.29, 0.717) is 9.92 Å². The molecular weight excluding hydrogens is 395 g/mol. The molecule has 2 atom stereocenters. The number of benzene rings is 2. The molecule has 28 heavy (non-hydrogen) atoms. The molecular formula is C19H20ClF3N3O2+. The number of quaternary nitrogens is 1. The molecule has 9 heteroatoms. The predicted octanol–water partition coefficient (Wildman–Crippen LogP) is 2.09. The average molecular weight is 415 g/mol. The van der Waals surface area contributed by atoms with Crippen molar-refractivity contribution in [1.82, 2.24) is 5.32 Å². The number of hydrogen-bond donors (Lipinski definition) is 3. The Morgan fingerprint density at radius 1 is 1.07 bits per heavy atom. The van der Waals surface area contributed by atoms with E-state index in [4.69, 9.17) is 11.6 Å². The monoisotopic (exact) mass is 414 g/mol. The van der Waals surface area contributed by atoms with Crippen molar-refractivity contribution in [3.8, 4) is 0 Å². The van der Waals surface area contributed by atoms with Crippen molar-refractivity contribution in [3.63, 3.8) is 0 Å². The zero-order chi connectivity index (χ0) is 20.8. The summed E-state index contributed by atoms with van der Waals surface area (Å²) in [5, 5.41) is 5.52. The number of hydrogen-bond acceptors (Lipinski definition) is 2. The molecule has 0 radical (unpaired) electrons. The highest BCUT2D eigenvalue weighted by molar-refractivity contribution is 6.30. The minimum Gasteiger partial charge on any atom is -0.345 e. The number of carbonyl (C=O) groups is 2. The Morgan fingerprint density at radius 2 is 1.75 bits per heavy atom. The number of amides is 2. The van der Waals surface area contributed by atoms with E-state index in [1.807, 2.05) is 6.07 Å². The lowest BCUT2D eigenvalue weighted by Gasteiger charge is -2.17. The molecule has 3 N–H and O–H groups in total. The third-order valence-corrected chi connectivity index (χ3v) is 4.20. The zero-order valence-electron chi connectivity index (χ0n) is 15.3. The van der Waals surface area contributed by atoms with Crippen molar-refractivity contribution in [2.75, 3.05) is 25.5 Å². The molecule has 0 aliphatic carbocycles. The average Bonchev–Trinajstić information content (AvgIpc) is 2.61. The van der Waals surface area contributed by atoms with E-state index in [9.17, 15) is 22.8 Å². The van der Waals surface area contributed by atoms with Crippen LogP contribution in [0.5, 0.6) is 0 Å². The maximum Gasteiger partial charge on any atom is 0.279 e. The van der Waals surface area contributed by atoms with Gasteiger partial charge in [0, 0.05) is 5.02 Å². The molecule has 2 amide bonds. The minimum atomic E-state index is -1.66. The van der Waals surface area contributed by atoms with E-state index in [1.165, 1.54) is 0 Å². The van der Waals surface area contributed by atoms with Crippen LogP contribution in [0.1, 0.15) is 18.5 Å². The smallest absolute Gasteiger partial charge is 0.279 e. The Kier molecular flexibility index (Phi) is 7.42. The fourth-order valence-electron chi connectivity index (χ4n) is 2.58. The van der Waals surface area contributed by atoms with Gasteiger partial charge in [0.1, 0.15) is 0 Å². The minimum absolute atomic E-state index is 0.0153. The third-order valence-electron chi connectivity index (χ3n) is 3.96. The third kappa shape index (κ3) is 5.97. The van der Waals surface area contributed by atoms with Gasteiger partial charge in [-0.25, -0.2) is 13.2 Å². The molecule has 0 fully saturated rings. The van der Waals surface area contributed by atoms with E-state index >= 15 is 0 Å². The van der Waals surface area contributed by atoms with Gasteiger partial charge in [-0.3, -0.25) is 9.59 Å². The second-order valence-electron chi connectivity index (χ2n) is 6.43. The molecule has 0 spiro atoms. The SMILES string of the molecule is C[C@H](NC(=O)C[NH+](C)CC(=O)Nc1ccc(F)c(F)c1F)c1cccc(Cl)c1. The summed E-state index contributed by atoms with van der Waals surface area (Å²) in [6.07, 6.45) is 0. The number of likely N-dealkylation sites (N-methyl/N-ethyl adjacent to an activating group) is 1. The Labute approximate surface area is 165 Å². The summed E-state index contributed by atoms with van der Waals surface area (Å²) in [6.45, 7) is 1.62. The molecule has 2 rings (SSSR count). The van der Waals surface area contributed by atoms with Gasteiger partial charge in [-0.15, -0.1) is 0 Å². The van der Waals surface area contributed by atoms with Gasteiger partial charge in [0.15, 0.2) is 30.5 Å². The summed E-state index contributed by atoms with van der Waals surface area (Å²) >= 11 is 5.93. The van der Waals surface area contributed by atoms with Crippen LogP contribution in [0.3, 0.4) is 0 Å². The summed E-state index contributed by atoms with van der Waals surface area (Å²) in [6, 6.07) is 8.45. The van der Waals surface area contributed by atoms with Crippen LogP contribution in [0.2, 0.25) is 5.02 Å². The van der Waals surface area contributed by atoms with Crippen LogP contribution in [0.15, 0.2) is 36.4 Å². The van der Waals surface area contributed by atoms with E-state index in [2.05, 4.69) is 10.6 Å². The van der Waals surface area contributed by atoms with Crippen LogP contribution in [-0.4, -0.2) is 32.0 Å². The fourth-order valence-corrected chi connectivity index (χ4v) is 2.78. The van der Waals surface area contributed by atoms with Crippen molar-refractivity contribution in [3.05, 3.63) is 64.4 Å². The van der Waals surface area contributed by atoms with Crippen molar-refractivity contribution in [1.29, 1.82) is 0 Å². The van der Waals surface area contributed by atoms with Crippen LogP contribution in [-0.2, 0) is 9.59 Å². The van der Waals surface area contributed by atoms with E-state index in [-0.39, 0.29) is 25.0 Å². The Hall–Kier alpha value is -2.58. The summed E-state index contributed by atoms with van der Waals surface area (Å²) in [7, 11) is 1.60. The van der Waals surface area contributed by atoms with Gasteiger partial charge in [0.05, 0.1) is 18.8 Å². The Balaban J connectivity index is 1.85. The summed E-state index contributed by atoms with van der Waals surface area (Å²) in [5.41, 5.74) is 0.376. The van der Waals surface area contributed by atoms with Crippen LogP contribution >= 0.6 is 11.6 Å². The van der Waals surface area contributed by atoms with E-state index in [0.717, 1.165) is 17.7 Å². The van der Waals surface area contributed by atoms with Gasteiger partial charge in [-0.1, -0.05) is 23.7 Å². The second kappa shape index (κ2) is 9.57. The van der Waals surface area contributed by atoms with Gasteiger partial charge in [0.25, 0.3) is 11.8 Å². The summed E-state index contributed by atoms with van der Waals surface area (Å²) in [4.78, 5) is 24.6. The topological polar surface area (TPSA) is 62.6 Å². The zero-order valence-corrected chi connectivity index (χ0v) is 16.0. The van der Waals surface area contributed by atoms with Gasteiger partial charge in [0.2, 0.25) is 0 Å². The van der Waals surface area contributed by atoms with Crippen molar-refractivity contribution in [2.45, 2.75) is 13.0 Å². The van der Waals surface area contributed by atoms with Crippen molar-refractivity contribution >= 4 is 29.1 Å². The van der Waals surface area contributed by atoms with Gasteiger partial charge in [-0.2, -0.15) is 0 Å². The first-order valence-corrected chi connectivity index (χ1v) is 8.84. The van der Waals surface area contributed by atoms with Crippen molar-refractivity contribution < 1.29 is 27.7 Å². The maximum absolute atomic E-state index is 13.6. The largest absolute Gasteiger partial charge is 0.345 e. The lowest BCUT2D eigenvalue weighted by atomic mass is 10.1. The molecule has 0 aromatic heterocycles. The summed E-state index contributed by atoms with van der Waals surface area (Å²) < 4.78 is 39.7. The lowest BCUT2D eigenvalue weighted by molar-refractivity contribution is -0.862. The molecule has 0 saturated carbocycles. The first-order valence-electron chi connectivity index (χ1n) is 8.47.